The summed E-state index contributed by atoms with van der Waals surface area (Å²) >= 11 is 0. The fourth-order valence-electron chi connectivity index (χ4n) is 3.21. The summed E-state index contributed by atoms with van der Waals surface area (Å²) in [4.78, 5) is 17.0. The van der Waals surface area contributed by atoms with Crippen molar-refractivity contribution in [1.29, 1.82) is 0 Å². The first-order chi connectivity index (χ1) is 14.6. The second-order valence-corrected chi connectivity index (χ2v) is 6.86. The van der Waals surface area contributed by atoms with Gasteiger partial charge < -0.3 is 14.6 Å². The zero-order valence-electron chi connectivity index (χ0n) is 17.0. The van der Waals surface area contributed by atoms with Crippen molar-refractivity contribution in [3.8, 4) is 17.2 Å². The summed E-state index contributed by atoms with van der Waals surface area (Å²) in [5.41, 5.74) is 2.71. The minimum atomic E-state index is -0.191. The number of hydrogen-bond acceptors (Lipinski definition) is 7. The molecule has 4 aromatic rings. The van der Waals surface area contributed by atoms with E-state index >= 15 is 0 Å². The number of carbonyl (C=O) groups is 1. The zero-order valence-corrected chi connectivity index (χ0v) is 17.0. The lowest BCUT2D eigenvalue weighted by Crippen LogP contribution is -2.24. The molecule has 0 aliphatic carbocycles. The summed E-state index contributed by atoms with van der Waals surface area (Å²) < 4.78 is 12.4. The second-order valence-electron chi connectivity index (χ2n) is 6.86. The Morgan fingerprint density at radius 3 is 2.90 bits per heavy atom. The minimum Gasteiger partial charge on any atom is -0.497 e. The van der Waals surface area contributed by atoms with Crippen LogP contribution in [0.1, 0.15) is 40.9 Å². The number of hydrogen-bond donors (Lipinski definition) is 1. The fraction of sp³-hybridized carbons (Fsp3) is 0.286. The number of carbonyl (C=O) groups excluding carboxylic acids is 1. The Morgan fingerprint density at radius 2 is 2.13 bits per heavy atom. The molecule has 1 aromatic carbocycles. The summed E-state index contributed by atoms with van der Waals surface area (Å²) in [6.45, 7) is 4.15. The molecule has 0 saturated carbocycles. The third-order valence-corrected chi connectivity index (χ3v) is 4.76. The molecule has 30 heavy (non-hydrogen) atoms. The molecule has 0 spiro atoms. The molecule has 3 heterocycles. The Balaban J connectivity index is 1.55. The van der Waals surface area contributed by atoms with Gasteiger partial charge in [-0.2, -0.15) is 4.98 Å². The maximum absolute atomic E-state index is 12.6. The van der Waals surface area contributed by atoms with Gasteiger partial charge >= 0.3 is 0 Å². The van der Waals surface area contributed by atoms with Crippen LogP contribution in [0.4, 0.5) is 0 Å². The first kappa shape index (κ1) is 19.6. The predicted molar refractivity (Wildman–Crippen MR) is 109 cm³/mol. The Kier molecular flexibility index (Phi) is 5.42. The number of aromatic nitrogens is 5. The number of nitrogens with zero attached hydrogens (tertiary/aromatic N) is 5. The average molecular weight is 406 g/mol. The zero-order chi connectivity index (χ0) is 21.1. The topological polar surface area (TPSA) is 107 Å². The van der Waals surface area contributed by atoms with Gasteiger partial charge in [-0.05, 0) is 49.2 Å². The van der Waals surface area contributed by atoms with Crippen molar-refractivity contribution < 1.29 is 14.1 Å². The molecule has 1 amide bonds. The van der Waals surface area contributed by atoms with Crippen LogP contribution >= 0.6 is 0 Å². The van der Waals surface area contributed by atoms with Crippen LogP contribution in [0.2, 0.25) is 0 Å². The number of aryl methyl sites for hydroxylation is 2. The van der Waals surface area contributed by atoms with Crippen LogP contribution < -0.4 is 10.1 Å². The number of fused-ring (bicyclic) bond motifs is 1. The van der Waals surface area contributed by atoms with E-state index in [1.807, 2.05) is 31.3 Å². The molecule has 0 saturated heterocycles. The van der Waals surface area contributed by atoms with Crippen molar-refractivity contribution >= 4 is 11.6 Å². The Hall–Kier alpha value is -3.75. The van der Waals surface area contributed by atoms with E-state index in [0.717, 1.165) is 18.4 Å². The van der Waals surface area contributed by atoms with Crippen LogP contribution in [-0.4, -0.2) is 37.8 Å². The molecule has 1 N–H and O–H groups in total. The molecule has 0 radical (unpaired) electrons. The summed E-state index contributed by atoms with van der Waals surface area (Å²) in [6.07, 6.45) is 3.52. The third kappa shape index (κ3) is 3.73. The number of pyridine rings is 1. The van der Waals surface area contributed by atoms with Gasteiger partial charge in [0, 0.05) is 18.2 Å². The van der Waals surface area contributed by atoms with Gasteiger partial charge in [-0.25, -0.2) is 0 Å². The van der Waals surface area contributed by atoms with Gasteiger partial charge in [0.05, 0.1) is 19.2 Å². The van der Waals surface area contributed by atoms with Gasteiger partial charge in [0.15, 0.2) is 17.3 Å². The Morgan fingerprint density at radius 1 is 1.27 bits per heavy atom. The highest BCUT2D eigenvalue weighted by Gasteiger charge is 2.17. The summed E-state index contributed by atoms with van der Waals surface area (Å²) in [5.74, 6) is 2.18. The number of benzene rings is 1. The van der Waals surface area contributed by atoms with Gasteiger partial charge in [-0.3, -0.25) is 9.20 Å². The van der Waals surface area contributed by atoms with Gasteiger partial charge in [0.25, 0.3) is 11.8 Å². The largest absolute Gasteiger partial charge is 0.497 e. The Labute approximate surface area is 173 Å². The lowest BCUT2D eigenvalue weighted by molar-refractivity contribution is 0.0949. The van der Waals surface area contributed by atoms with E-state index in [1.165, 1.54) is 0 Å². The highest BCUT2D eigenvalue weighted by atomic mass is 16.5. The van der Waals surface area contributed by atoms with E-state index in [0.29, 0.717) is 40.1 Å². The van der Waals surface area contributed by atoms with Gasteiger partial charge in [-0.1, -0.05) is 12.1 Å². The molecule has 0 aliphatic rings. The quantitative estimate of drug-likeness (QED) is 0.503. The monoisotopic (exact) mass is 406 g/mol. The summed E-state index contributed by atoms with van der Waals surface area (Å²) in [7, 11) is 1.60. The van der Waals surface area contributed by atoms with E-state index in [4.69, 9.17) is 9.26 Å². The van der Waals surface area contributed by atoms with Crippen LogP contribution in [0, 0.1) is 6.92 Å². The number of amides is 1. The molecule has 0 unspecified atom stereocenters. The van der Waals surface area contributed by atoms with Gasteiger partial charge in [-0.15, -0.1) is 10.2 Å². The van der Waals surface area contributed by atoms with Crippen LogP contribution in [0.3, 0.4) is 0 Å². The highest BCUT2D eigenvalue weighted by Crippen LogP contribution is 2.22. The SMILES string of the molecule is CCCc1noc(-c2cccn3c(CNC(=O)c4ccc(OC)cc4C)nnc23)n1. The van der Waals surface area contributed by atoms with Crippen molar-refractivity contribution in [3.63, 3.8) is 0 Å². The second kappa shape index (κ2) is 8.32. The third-order valence-electron chi connectivity index (χ3n) is 4.76. The van der Waals surface area contributed by atoms with Crippen LogP contribution in [0.25, 0.3) is 17.1 Å². The van der Waals surface area contributed by atoms with E-state index in [-0.39, 0.29) is 12.5 Å². The predicted octanol–water partition coefficient (Wildman–Crippen LogP) is 2.98. The molecular weight excluding hydrogens is 384 g/mol. The maximum Gasteiger partial charge on any atom is 0.261 e. The van der Waals surface area contributed by atoms with E-state index < -0.39 is 0 Å². The van der Waals surface area contributed by atoms with Gasteiger partial charge in [0.2, 0.25) is 0 Å². The molecule has 4 rings (SSSR count). The molecular formula is C21H22N6O3. The first-order valence-electron chi connectivity index (χ1n) is 9.69. The molecule has 3 aromatic heterocycles. The molecule has 9 nitrogen and oxygen atoms in total. The molecule has 9 heteroatoms. The van der Waals surface area contributed by atoms with E-state index in [9.17, 15) is 4.79 Å². The van der Waals surface area contributed by atoms with Crippen LogP contribution in [-0.2, 0) is 13.0 Å². The van der Waals surface area contributed by atoms with Gasteiger partial charge in [0.1, 0.15) is 5.75 Å². The van der Waals surface area contributed by atoms with E-state index in [1.54, 1.807) is 23.6 Å². The normalized spacial score (nSPS) is 11.0. The Bertz CT molecular complexity index is 1200. The number of methoxy groups -OCH3 is 1. The molecule has 0 atom stereocenters. The summed E-state index contributed by atoms with van der Waals surface area (Å²) in [6, 6.07) is 9.04. The maximum atomic E-state index is 12.6. The van der Waals surface area contributed by atoms with Crippen molar-refractivity contribution in [1.82, 2.24) is 30.1 Å². The molecule has 154 valence electrons. The van der Waals surface area contributed by atoms with Crippen LogP contribution in [0.15, 0.2) is 41.1 Å². The minimum absolute atomic E-state index is 0.191. The smallest absolute Gasteiger partial charge is 0.261 e. The lowest BCUT2D eigenvalue weighted by Gasteiger charge is -2.08. The van der Waals surface area contributed by atoms with Crippen molar-refractivity contribution in [2.24, 2.45) is 0 Å². The number of nitrogens with one attached hydrogen (secondary N) is 1. The average Bonchev–Trinajstić information content (AvgIpc) is 3.39. The number of ether oxygens (including phenoxy) is 1. The molecule has 0 fully saturated rings. The number of rotatable bonds is 7. The lowest BCUT2D eigenvalue weighted by atomic mass is 10.1. The standard InChI is InChI=1S/C21H22N6O3/c1-4-6-17-23-21(30-26-17)16-7-5-10-27-18(24-25-19(16)27)12-22-20(28)15-9-8-14(29-3)11-13(15)2/h5,7-11H,4,6,12H2,1-3H3,(H,22,28). The molecule has 0 aliphatic heterocycles. The van der Waals surface area contributed by atoms with Crippen LogP contribution in [0.5, 0.6) is 5.75 Å². The fourth-order valence-corrected chi connectivity index (χ4v) is 3.21. The van der Waals surface area contributed by atoms with Crippen molar-refractivity contribution in [3.05, 3.63) is 59.3 Å². The van der Waals surface area contributed by atoms with E-state index in [2.05, 4.69) is 32.6 Å². The van der Waals surface area contributed by atoms with Crippen molar-refractivity contribution in [2.45, 2.75) is 33.2 Å². The van der Waals surface area contributed by atoms with Crippen molar-refractivity contribution in [2.75, 3.05) is 7.11 Å². The molecule has 0 bridgehead atoms. The highest BCUT2D eigenvalue weighted by molar-refractivity contribution is 5.95. The first-order valence-corrected chi connectivity index (χ1v) is 9.69. The summed E-state index contributed by atoms with van der Waals surface area (Å²) in [5, 5.41) is 15.4.